The molecule has 0 aliphatic carbocycles. The third-order valence-corrected chi connectivity index (χ3v) is 5.00. The van der Waals surface area contributed by atoms with Crippen molar-refractivity contribution < 1.29 is 4.79 Å². The smallest absolute Gasteiger partial charge is 0.236 e. The van der Waals surface area contributed by atoms with E-state index in [1.54, 1.807) is 0 Å². The lowest BCUT2D eigenvalue weighted by atomic mass is 10.2. The van der Waals surface area contributed by atoms with Gasteiger partial charge in [0.2, 0.25) is 5.91 Å². The highest BCUT2D eigenvalue weighted by molar-refractivity contribution is 6.31. The van der Waals surface area contributed by atoms with Gasteiger partial charge in [-0.15, -0.1) is 0 Å². The Labute approximate surface area is 137 Å². The minimum atomic E-state index is 0.303. The van der Waals surface area contributed by atoms with Gasteiger partial charge in [-0.05, 0) is 24.5 Å². The van der Waals surface area contributed by atoms with Gasteiger partial charge in [0.15, 0.2) is 0 Å². The maximum absolute atomic E-state index is 12.2. The van der Waals surface area contributed by atoms with Gasteiger partial charge in [0.25, 0.3) is 0 Å². The zero-order valence-corrected chi connectivity index (χ0v) is 13.8. The van der Waals surface area contributed by atoms with Gasteiger partial charge in [0.1, 0.15) is 0 Å². The molecule has 1 aromatic carbocycles. The minimum Gasteiger partial charge on any atom is -0.342 e. The van der Waals surface area contributed by atoms with Crippen LogP contribution in [0.4, 0.5) is 0 Å². The molecule has 3 rings (SSSR count). The van der Waals surface area contributed by atoms with Gasteiger partial charge in [-0.3, -0.25) is 14.6 Å². The molecule has 0 atom stereocenters. The van der Waals surface area contributed by atoms with Gasteiger partial charge in [-0.1, -0.05) is 29.8 Å². The van der Waals surface area contributed by atoms with Crippen molar-refractivity contribution in [3.8, 4) is 0 Å². The molecule has 1 amide bonds. The maximum Gasteiger partial charge on any atom is 0.236 e. The summed E-state index contributed by atoms with van der Waals surface area (Å²) in [5.74, 6) is 0.303. The van der Waals surface area contributed by atoms with Gasteiger partial charge in [0.05, 0.1) is 6.54 Å². The summed E-state index contributed by atoms with van der Waals surface area (Å²) in [7, 11) is 0. The summed E-state index contributed by atoms with van der Waals surface area (Å²) in [6.45, 7) is 7.30. The first kappa shape index (κ1) is 15.8. The van der Waals surface area contributed by atoms with Gasteiger partial charge < -0.3 is 4.90 Å². The standard InChI is InChI=1S/C17H24ClN3O/c18-16-6-2-1-5-15(16)13-19-9-11-20(12-10-19)14-17(22)21-7-3-4-8-21/h1-2,5-6H,3-4,7-14H2. The lowest BCUT2D eigenvalue weighted by Gasteiger charge is -2.35. The molecule has 4 nitrogen and oxygen atoms in total. The van der Waals surface area contributed by atoms with E-state index in [9.17, 15) is 4.79 Å². The molecule has 2 fully saturated rings. The monoisotopic (exact) mass is 321 g/mol. The normalized spacial score (nSPS) is 20.5. The van der Waals surface area contributed by atoms with Crippen molar-refractivity contribution in [3.05, 3.63) is 34.9 Å². The van der Waals surface area contributed by atoms with Crippen LogP contribution in [0.2, 0.25) is 5.02 Å². The van der Waals surface area contributed by atoms with E-state index in [2.05, 4.69) is 15.9 Å². The summed E-state index contributed by atoms with van der Waals surface area (Å²) in [5.41, 5.74) is 1.19. The number of carbonyl (C=O) groups is 1. The van der Waals surface area contributed by atoms with E-state index >= 15 is 0 Å². The van der Waals surface area contributed by atoms with Crippen molar-refractivity contribution >= 4 is 17.5 Å². The topological polar surface area (TPSA) is 26.8 Å². The molecule has 2 heterocycles. The maximum atomic E-state index is 12.2. The zero-order valence-electron chi connectivity index (χ0n) is 13.0. The highest BCUT2D eigenvalue weighted by atomic mass is 35.5. The molecule has 2 aliphatic rings. The van der Waals surface area contributed by atoms with Crippen molar-refractivity contribution in [1.82, 2.24) is 14.7 Å². The third-order valence-electron chi connectivity index (χ3n) is 4.63. The molecule has 5 heteroatoms. The van der Waals surface area contributed by atoms with E-state index in [1.165, 1.54) is 5.56 Å². The highest BCUT2D eigenvalue weighted by Gasteiger charge is 2.23. The Balaban J connectivity index is 1.44. The lowest BCUT2D eigenvalue weighted by molar-refractivity contribution is -0.131. The molecular formula is C17H24ClN3O. The van der Waals surface area contributed by atoms with Crippen LogP contribution in [0.15, 0.2) is 24.3 Å². The molecule has 1 aromatic rings. The minimum absolute atomic E-state index is 0.303. The number of hydrogen-bond acceptors (Lipinski definition) is 3. The molecule has 0 bridgehead atoms. The highest BCUT2D eigenvalue weighted by Crippen LogP contribution is 2.18. The Morgan fingerprint density at radius 3 is 2.27 bits per heavy atom. The number of hydrogen-bond donors (Lipinski definition) is 0. The largest absolute Gasteiger partial charge is 0.342 e. The summed E-state index contributed by atoms with van der Waals surface area (Å²) in [6.07, 6.45) is 2.33. The summed E-state index contributed by atoms with van der Waals surface area (Å²) >= 11 is 6.23. The first-order chi connectivity index (χ1) is 10.7. The SMILES string of the molecule is O=C(CN1CCN(Cc2ccccc2Cl)CC1)N1CCCC1. The number of benzene rings is 1. The predicted octanol–water partition coefficient (Wildman–Crippen LogP) is 2.08. The Bertz CT molecular complexity index is 508. The van der Waals surface area contributed by atoms with E-state index in [4.69, 9.17) is 11.6 Å². The number of rotatable bonds is 4. The van der Waals surface area contributed by atoms with Crippen molar-refractivity contribution in [1.29, 1.82) is 0 Å². The van der Waals surface area contributed by atoms with Crippen molar-refractivity contribution in [2.45, 2.75) is 19.4 Å². The summed E-state index contributed by atoms with van der Waals surface area (Å²) < 4.78 is 0. The molecular weight excluding hydrogens is 298 g/mol. The summed E-state index contributed by atoms with van der Waals surface area (Å²) in [5, 5.41) is 0.842. The Morgan fingerprint density at radius 2 is 1.59 bits per heavy atom. The molecule has 0 unspecified atom stereocenters. The fraction of sp³-hybridized carbons (Fsp3) is 0.588. The molecule has 0 radical (unpaired) electrons. The number of halogens is 1. The van der Waals surface area contributed by atoms with E-state index in [-0.39, 0.29) is 0 Å². The van der Waals surface area contributed by atoms with Gasteiger partial charge in [0, 0.05) is 50.8 Å². The van der Waals surface area contributed by atoms with Crippen molar-refractivity contribution in [2.24, 2.45) is 0 Å². The molecule has 0 N–H and O–H groups in total. The van der Waals surface area contributed by atoms with Crippen LogP contribution in [0.25, 0.3) is 0 Å². The lowest BCUT2D eigenvalue weighted by Crippen LogP contribution is -2.49. The molecule has 0 aromatic heterocycles. The number of nitrogens with zero attached hydrogens (tertiary/aromatic N) is 3. The summed E-state index contributed by atoms with van der Waals surface area (Å²) in [4.78, 5) is 18.9. The van der Waals surface area contributed by atoms with Gasteiger partial charge in [-0.2, -0.15) is 0 Å². The Morgan fingerprint density at radius 1 is 0.955 bits per heavy atom. The van der Waals surface area contributed by atoms with E-state index in [1.807, 2.05) is 23.1 Å². The second-order valence-electron chi connectivity index (χ2n) is 6.23. The molecule has 0 spiro atoms. The van der Waals surface area contributed by atoms with E-state index in [0.29, 0.717) is 12.5 Å². The second kappa shape index (κ2) is 7.44. The van der Waals surface area contributed by atoms with Crippen molar-refractivity contribution in [2.75, 3.05) is 45.8 Å². The first-order valence-electron chi connectivity index (χ1n) is 8.18. The van der Waals surface area contributed by atoms with E-state index < -0.39 is 0 Å². The molecule has 22 heavy (non-hydrogen) atoms. The number of carbonyl (C=O) groups excluding carboxylic acids is 1. The Kier molecular flexibility index (Phi) is 5.34. The quantitative estimate of drug-likeness (QED) is 0.849. The van der Waals surface area contributed by atoms with Crippen LogP contribution in [0.1, 0.15) is 18.4 Å². The first-order valence-corrected chi connectivity index (χ1v) is 8.56. The predicted molar refractivity (Wildman–Crippen MR) is 89.0 cm³/mol. The average Bonchev–Trinajstić information content (AvgIpc) is 3.06. The van der Waals surface area contributed by atoms with Crippen LogP contribution >= 0.6 is 11.6 Å². The van der Waals surface area contributed by atoms with Crippen LogP contribution in [0.3, 0.4) is 0 Å². The second-order valence-corrected chi connectivity index (χ2v) is 6.64. The van der Waals surface area contributed by atoms with Crippen molar-refractivity contribution in [3.63, 3.8) is 0 Å². The van der Waals surface area contributed by atoms with Crippen LogP contribution in [0, 0.1) is 0 Å². The fourth-order valence-electron chi connectivity index (χ4n) is 3.23. The average molecular weight is 322 g/mol. The molecule has 2 aliphatic heterocycles. The Hall–Kier alpha value is -1.10. The summed E-state index contributed by atoms with van der Waals surface area (Å²) in [6, 6.07) is 8.04. The number of piperazine rings is 1. The molecule has 0 saturated carbocycles. The number of amides is 1. The fourth-order valence-corrected chi connectivity index (χ4v) is 3.43. The third kappa shape index (κ3) is 4.00. The van der Waals surface area contributed by atoms with Gasteiger partial charge >= 0.3 is 0 Å². The van der Waals surface area contributed by atoms with Crippen LogP contribution < -0.4 is 0 Å². The van der Waals surface area contributed by atoms with E-state index in [0.717, 1.165) is 63.7 Å². The molecule has 120 valence electrons. The van der Waals surface area contributed by atoms with Crippen LogP contribution in [0.5, 0.6) is 0 Å². The molecule has 2 saturated heterocycles. The zero-order chi connectivity index (χ0) is 15.4. The van der Waals surface area contributed by atoms with Crippen LogP contribution in [-0.2, 0) is 11.3 Å². The number of likely N-dealkylation sites (tertiary alicyclic amines) is 1. The van der Waals surface area contributed by atoms with Crippen LogP contribution in [-0.4, -0.2) is 66.4 Å². The van der Waals surface area contributed by atoms with Gasteiger partial charge in [-0.25, -0.2) is 0 Å².